The van der Waals surface area contributed by atoms with E-state index >= 15 is 0 Å². The van der Waals surface area contributed by atoms with E-state index in [0.29, 0.717) is 5.46 Å². The first-order valence-electron chi connectivity index (χ1n) is 34.6. The molecule has 0 fully saturated rings. The summed E-state index contributed by atoms with van der Waals surface area (Å²) in [5, 5.41) is 25.6. The maximum absolute atomic E-state index is 9.43. The van der Waals surface area contributed by atoms with Crippen LogP contribution in [-0.4, -0.2) is 55.4 Å². The fraction of sp³-hybridized carbons (Fsp3) is 0. The lowest BCUT2D eigenvalue weighted by Crippen LogP contribution is -2.29. The molecule has 6 aromatic heterocycles. The fourth-order valence-electron chi connectivity index (χ4n) is 14.6. The number of nitrogens with zero attached hydrogens (tertiary/aromatic N) is 8. The molecular formula is C92H62BBrN8O2. The van der Waals surface area contributed by atoms with Crippen LogP contribution in [0.25, 0.3) is 167 Å². The molecule has 104 heavy (non-hydrogen) atoms. The zero-order chi connectivity index (χ0) is 69.6. The van der Waals surface area contributed by atoms with Crippen molar-refractivity contribution in [1.82, 2.24) is 38.2 Å². The lowest BCUT2D eigenvalue weighted by atomic mass is 9.80. The van der Waals surface area contributed by atoms with Crippen LogP contribution in [0, 0.1) is 0 Å². The summed E-state index contributed by atoms with van der Waals surface area (Å²) in [5.41, 5.74) is 23.6. The van der Waals surface area contributed by atoms with Crippen molar-refractivity contribution in [1.29, 1.82) is 0 Å². The Morgan fingerprint density at radius 2 is 0.577 bits per heavy atom. The summed E-state index contributed by atoms with van der Waals surface area (Å²) in [4.78, 5) is 21.0. The second-order valence-electron chi connectivity index (χ2n) is 25.6. The molecule has 0 saturated heterocycles. The zero-order valence-electron chi connectivity index (χ0n) is 56.1. The third kappa shape index (κ3) is 11.5. The van der Waals surface area contributed by atoms with E-state index in [1.165, 1.54) is 27.4 Å². The lowest BCUT2D eigenvalue weighted by molar-refractivity contribution is 0.426. The van der Waals surface area contributed by atoms with Crippen molar-refractivity contribution in [3.63, 3.8) is 0 Å². The monoisotopic (exact) mass is 1400 g/mol. The molecule has 14 aromatic carbocycles. The Labute approximate surface area is 607 Å². The quantitative estimate of drug-likeness (QED) is 0.132. The lowest BCUT2D eigenvalue weighted by Gasteiger charge is -2.13. The zero-order valence-corrected chi connectivity index (χ0v) is 57.7. The van der Waals surface area contributed by atoms with Crippen molar-refractivity contribution in [2.75, 3.05) is 0 Å². The van der Waals surface area contributed by atoms with Crippen molar-refractivity contribution in [3.8, 4) is 79.2 Å². The second kappa shape index (κ2) is 27.1. The Hall–Kier alpha value is -13.1. The maximum Gasteiger partial charge on any atom is 0.488 e. The minimum absolute atomic E-state index is 0.503. The molecule has 2 N–H and O–H groups in total. The fourth-order valence-corrected chi connectivity index (χ4v) is 14.9. The van der Waals surface area contributed by atoms with Gasteiger partial charge in [-0.2, -0.15) is 0 Å². The standard InChI is InChI=1S/C46H30N4.C28H18BrN3.C18H14BNO2/c1-4-14-32(15-5-1)43-45-44(38-21-10-12-22-40(38)47-43)48-46(50(45)36-18-8-3-9-19-36)33-26-24-31(25-27-33)34-28-29-42-39(30-34)37-20-11-13-23-41(37)49(42)35-16-6-2-7-17-35;29-21-17-15-20(16-18-21)28-31-26-23-13-7-8-14-24(23)30-25(19-9-3-1-4-10-19)27(26)32(28)22-11-5-2-6-12-22;21-19(22)13-10-11-18-16(12-13)15-8-4-5-9-17(15)20(18)14-6-2-1-3-7-14/h1-30H;1-18H;1-12,21-22H. The van der Waals surface area contributed by atoms with Crippen LogP contribution < -0.4 is 5.46 Å². The topological polar surface area (TPSA) is 112 Å². The highest BCUT2D eigenvalue weighted by atomic mass is 79.9. The molecule has 10 nitrogen and oxygen atoms in total. The smallest absolute Gasteiger partial charge is 0.423 e. The molecule has 20 aromatic rings. The van der Waals surface area contributed by atoms with Gasteiger partial charge in [-0.3, -0.25) is 9.13 Å². The third-order valence-electron chi connectivity index (χ3n) is 19.4. The minimum atomic E-state index is -1.46. The Morgan fingerprint density at radius 3 is 1.01 bits per heavy atom. The first-order chi connectivity index (χ1) is 51.4. The Bertz CT molecular complexity index is 6550. The highest BCUT2D eigenvalue weighted by Gasteiger charge is 2.25. The number of rotatable bonds is 10. The molecule has 0 spiro atoms. The Kier molecular flexibility index (Phi) is 16.4. The van der Waals surface area contributed by atoms with Crippen LogP contribution >= 0.6 is 15.9 Å². The van der Waals surface area contributed by atoms with Crippen LogP contribution in [0.1, 0.15) is 0 Å². The first-order valence-corrected chi connectivity index (χ1v) is 35.4. The molecule has 20 rings (SSSR count). The van der Waals surface area contributed by atoms with Gasteiger partial charge in [0.2, 0.25) is 0 Å². The van der Waals surface area contributed by atoms with Gasteiger partial charge in [0.15, 0.2) is 0 Å². The molecule has 0 saturated carbocycles. The van der Waals surface area contributed by atoms with Gasteiger partial charge < -0.3 is 19.2 Å². The molecule has 0 radical (unpaired) electrons. The number of halogens is 1. The number of para-hydroxylation sites is 8. The predicted molar refractivity (Wildman–Crippen MR) is 433 cm³/mol. The molecule has 0 atom stereocenters. The number of pyridine rings is 2. The van der Waals surface area contributed by atoms with E-state index in [4.69, 9.17) is 19.9 Å². The summed E-state index contributed by atoms with van der Waals surface area (Å²) in [7, 11) is -1.46. The van der Waals surface area contributed by atoms with Gasteiger partial charge in [-0.15, -0.1) is 0 Å². The van der Waals surface area contributed by atoms with Crippen LogP contribution in [-0.2, 0) is 0 Å². The average molecular weight is 1400 g/mol. The van der Waals surface area contributed by atoms with Crippen molar-refractivity contribution < 1.29 is 10.0 Å². The van der Waals surface area contributed by atoms with Crippen molar-refractivity contribution in [2.45, 2.75) is 0 Å². The number of hydrogen-bond acceptors (Lipinski definition) is 6. The van der Waals surface area contributed by atoms with Crippen LogP contribution in [0.2, 0.25) is 0 Å². The average Bonchev–Trinajstić information content (AvgIpc) is 1.57. The van der Waals surface area contributed by atoms with Crippen LogP contribution in [0.3, 0.4) is 0 Å². The van der Waals surface area contributed by atoms with Crippen molar-refractivity contribution >= 4 is 116 Å². The number of imidazole rings is 2. The highest BCUT2D eigenvalue weighted by Crippen LogP contribution is 2.42. The van der Waals surface area contributed by atoms with Crippen molar-refractivity contribution in [3.05, 3.63) is 368 Å². The molecule has 0 aliphatic carbocycles. The molecular weight excluding hydrogens is 1340 g/mol. The van der Waals surface area contributed by atoms with E-state index in [-0.39, 0.29) is 0 Å². The predicted octanol–water partition coefficient (Wildman–Crippen LogP) is 21.8. The number of benzene rings is 14. The van der Waals surface area contributed by atoms with Gasteiger partial charge >= 0.3 is 7.12 Å². The van der Waals surface area contributed by atoms with Crippen LogP contribution in [0.4, 0.5) is 0 Å². The third-order valence-corrected chi connectivity index (χ3v) is 19.9. The van der Waals surface area contributed by atoms with Crippen LogP contribution in [0.5, 0.6) is 0 Å². The molecule has 0 aliphatic rings. The second-order valence-corrected chi connectivity index (χ2v) is 26.6. The summed E-state index contributed by atoms with van der Waals surface area (Å²) in [6.45, 7) is 0. The summed E-state index contributed by atoms with van der Waals surface area (Å²) >= 11 is 3.55. The number of aromatic nitrogens is 8. The first kappa shape index (κ1) is 63.1. The maximum atomic E-state index is 9.43. The van der Waals surface area contributed by atoms with E-state index in [1.807, 2.05) is 78.9 Å². The molecule has 6 heterocycles. The molecule has 0 aliphatic heterocycles. The Balaban J connectivity index is 0.000000122. The van der Waals surface area contributed by atoms with E-state index < -0.39 is 7.12 Å². The van der Waals surface area contributed by atoms with E-state index in [2.05, 4.69) is 313 Å². The molecule has 0 amide bonds. The molecule has 492 valence electrons. The van der Waals surface area contributed by atoms with Gasteiger partial charge in [-0.25, -0.2) is 19.9 Å². The number of hydrogen-bond donors (Lipinski definition) is 2. The summed E-state index contributed by atoms with van der Waals surface area (Å²) in [6, 6.07) is 125. The van der Waals surface area contributed by atoms with Gasteiger partial charge in [-0.1, -0.05) is 277 Å². The largest absolute Gasteiger partial charge is 0.488 e. The SMILES string of the molecule is Brc1ccc(-c2nc3c4ccccc4nc(-c4ccccc4)c3n2-c2ccccc2)cc1.OB(O)c1ccc2c(c1)c1ccccc1n2-c1ccccc1.c1ccc(-c2nc3ccccc3c3nc(-c4ccc(-c5ccc6c(c5)c5ccccc5n6-c5ccccc5)cc4)n(-c4ccccc4)c23)cc1. The van der Waals surface area contributed by atoms with E-state index in [0.717, 1.165) is 144 Å². The summed E-state index contributed by atoms with van der Waals surface area (Å²) < 4.78 is 10.1. The minimum Gasteiger partial charge on any atom is -0.423 e. The number of fused-ring (bicyclic) bond motifs is 12. The normalized spacial score (nSPS) is 11.4. The van der Waals surface area contributed by atoms with Gasteiger partial charge in [0, 0.05) is 81.8 Å². The van der Waals surface area contributed by atoms with Crippen molar-refractivity contribution in [2.24, 2.45) is 0 Å². The molecule has 12 heteroatoms. The molecule has 0 unspecified atom stereocenters. The van der Waals surface area contributed by atoms with Gasteiger partial charge in [0.1, 0.15) is 33.7 Å². The van der Waals surface area contributed by atoms with E-state index in [9.17, 15) is 10.0 Å². The highest BCUT2D eigenvalue weighted by molar-refractivity contribution is 9.10. The van der Waals surface area contributed by atoms with E-state index in [1.54, 1.807) is 6.07 Å². The van der Waals surface area contributed by atoms with Gasteiger partial charge in [-0.05, 0) is 120 Å². The van der Waals surface area contributed by atoms with Gasteiger partial charge in [0.25, 0.3) is 0 Å². The molecule has 0 bridgehead atoms. The van der Waals surface area contributed by atoms with Crippen LogP contribution in [0.15, 0.2) is 368 Å². The van der Waals surface area contributed by atoms with Gasteiger partial charge in [0.05, 0.1) is 44.5 Å². The Morgan fingerprint density at radius 1 is 0.250 bits per heavy atom. The summed E-state index contributed by atoms with van der Waals surface area (Å²) in [5.74, 6) is 1.78. The summed E-state index contributed by atoms with van der Waals surface area (Å²) in [6.07, 6.45) is 0.